The van der Waals surface area contributed by atoms with Crippen LogP contribution in [0.3, 0.4) is 0 Å². The summed E-state index contributed by atoms with van der Waals surface area (Å²) in [7, 11) is -3.26. The van der Waals surface area contributed by atoms with Crippen molar-refractivity contribution in [3.8, 4) is 0 Å². The van der Waals surface area contributed by atoms with Crippen LogP contribution >= 0.6 is 0 Å². The predicted molar refractivity (Wildman–Crippen MR) is 100.0 cm³/mol. The third-order valence-electron chi connectivity index (χ3n) is 4.36. The molecule has 2 heterocycles. The third-order valence-corrected chi connectivity index (χ3v) is 5.63. The molecule has 1 aromatic heterocycles. The third kappa shape index (κ3) is 4.48. The summed E-state index contributed by atoms with van der Waals surface area (Å²) in [6.07, 6.45) is 1.90. The standard InChI is InChI=1S/C17H23N5O3S/c1-26(23,24)22-7-8-25-13(11-22)10-14-15(20-17(19)21-16(14)18)9-12-5-3-2-4-6-12/h2-6,13H,7-11H2,1H3,(H4,18,19,20,21). The Labute approximate surface area is 153 Å². The van der Waals surface area contributed by atoms with E-state index in [0.29, 0.717) is 31.8 Å². The molecule has 1 aliphatic rings. The molecule has 2 aromatic rings. The highest BCUT2D eigenvalue weighted by atomic mass is 32.2. The first-order chi connectivity index (χ1) is 12.3. The van der Waals surface area contributed by atoms with E-state index in [1.165, 1.54) is 10.6 Å². The SMILES string of the molecule is CS(=O)(=O)N1CCOC(Cc2c(N)nc(N)nc2Cc2ccccc2)C1. The number of hydrogen-bond donors (Lipinski definition) is 2. The van der Waals surface area contributed by atoms with E-state index in [1.54, 1.807) is 0 Å². The molecule has 9 heteroatoms. The maximum atomic E-state index is 11.8. The van der Waals surface area contributed by atoms with Crippen LogP contribution in [0.15, 0.2) is 30.3 Å². The van der Waals surface area contributed by atoms with Gasteiger partial charge in [0.1, 0.15) is 5.82 Å². The van der Waals surface area contributed by atoms with E-state index in [1.807, 2.05) is 30.3 Å². The fraction of sp³-hybridized carbons (Fsp3) is 0.412. The molecule has 8 nitrogen and oxygen atoms in total. The number of anilines is 2. The van der Waals surface area contributed by atoms with E-state index < -0.39 is 10.0 Å². The highest BCUT2D eigenvalue weighted by molar-refractivity contribution is 7.88. The second-order valence-corrected chi connectivity index (χ2v) is 8.36. The summed E-state index contributed by atoms with van der Waals surface area (Å²) in [6, 6.07) is 9.86. The molecule has 1 saturated heterocycles. The van der Waals surface area contributed by atoms with E-state index in [9.17, 15) is 8.42 Å². The normalized spacial score (nSPS) is 18.7. The summed E-state index contributed by atoms with van der Waals surface area (Å²) in [6.45, 7) is 0.995. The summed E-state index contributed by atoms with van der Waals surface area (Å²) in [5.74, 6) is 0.433. The van der Waals surface area contributed by atoms with Crippen LogP contribution in [0, 0.1) is 0 Å². The second kappa shape index (κ2) is 7.56. The number of rotatable bonds is 5. The Hall–Kier alpha value is -2.23. The van der Waals surface area contributed by atoms with Crippen LogP contribution in [0.2, 0.25) is 0 Å². The number of aromatic nitrogens is 2. The molecule has 0 bridgehead atoms. The number of benzene rings is 1. The molecule has 1 fully saturated rings. The van der Waals surface area contributed by atoms with Crippen LogP contribution in [0.25, 0.3) is 0 Å². The Balaban J connectivity index is 1.85. The summed E-state index contributed by atoms with van der Waals surface area (Å²) < 4.78 is 30.8. The lowest BCUT2D eigenvalue weighted by atomic mass is 10.0. The van der Waals surface area contributed by atoms with Gasteiger partial charge in [-0.1, -0.05) is 30.3 Å². The minimum Gasteiger partial charge on any atom is -0.383 e. The van der Waals surface area contributed by atoms with E-state index in [-0.39, 0.29) is 18.6 Å². The maximum absolute atomic E-state index is 11.8. The largest absolute Gasteiger partial charge is 0.383 e. The van der Waals surface area contributed by atoms with Gasteiger partial charge in [0.25, 0.3) is 0 Å². The fourth-order valence-corrected chi connectivity index (χ4v) is 3.92. The van der Waals surface area contributed by atoms with Crippen LogP contribution < -0.4 is 11.5 Å². The van der Waals surface area contributed by atoms with Gasteiger partial charge in [0.2, 0.25) is 16.0 Å². The van der Waals surface area contributed by atoms with Gasteiger partial charge in [-0.15, -0.1) is 0 Å². The molecule has 0 amide bonds. The van der Waals surface area contributed by atoms with E-state index in [4.69, 9.17) is 16.2 Å². The molecule has 0 spiro atoms. The first-order valence-electron chi connectivity index (χ1n) is 8.34. The Morgan fingerprint density at radius 3 is 2.65 bits per heavy atom. The Bertz CT molecular complexity index is 873. The fourth-order valence-electron chi connectivity index (χ4n) is 3.07. The van der Waals surface area contributed by atoms with Crippen LogP contribution in [0.1, 0.15) is 16.8 Å². The van der Waals surface area contributed by atoms with Crippen LogP contribution in [-0.2, 0) is 27.6 Å². The van der Waals surface area contributed by atoms with Crippen LogP contribution in [0.4, 0.5) is 11.8 Å². The average molecular weight is 377 g/mol. The van der Waals surface area contributed by atoms with Gasteiger partial charge < -0.3 is 16.2 Å². The number of morpholine rings is 1. The van der Waals surface area contributed by atoms with E-state index >= 15 is 0 Å². The zero-order valence-corrected chi connectivity index (χ0v) is 15.4. The molecule has 0 radical (unpaired) electrons. The van der Waals surface area contributed by atoms with Crippen molar-refractivity contribution in [2.75, 3.05) is 37.4 Å². The van der Waals surface area contributed by atoms with Gasteiger partial charge >= 0.3 is 0 Å². The minimum absolute atomic E-state index is 0.125. The Morgan fingerprint density at radius 2 is 1.96 bits per heavy atom. The minimum atomic E-state index is -3.26. The summed E-state index contributed by atoms with van der Waals surface area (Å²) in [5.41, 5.74) is 14.4. The van der Waals surface area contributed by atoms with Gasteiger partial charge in [0, 0.05) is 31.5 Å². The molecule has 0 saturated carbocycles. The lowest BCUT2D eigenvalue weighted by Crippen LogP contribution is -2.46. The van der Waals surface area contributed by atoms with Crippen molar-refractivity contribution in [1.29, 1.82) is 0 Å². The van der Waals surface area contributed by atoms with Crippen molar-refractivity contribution in [2.24, 2.45) is 0 Å². The van der Waals surface area contributed by atoms with Gasteiger partial charge in [-0.2, -0.15) is 9.29 Å². The van der Waals surface area contributed by atoms with Crippen molar-refractivity contribution in [2.45, 2.75) is 18.9 Å². The van der Waals surface area contributed by atoms with Crippen molar-refractivity contribution in [1.82, 2.24) is 14.3 Å². The zero-order valence-electron chi connectivity index (χ0n) is 14.6. The monoisotopic (exact) mass is 377 g/mol. The van der Waals surface area contributed by atoms with Gasteiger partial charge in [0.15, 0.2) is 0 Å². The number of nitrogen functional groups attached to an aromatic ring is 2. The number of sulfonamides is 1. The maximum Gasteiger partial charge on any atom is 0.222 e. The molecule has 26 heavy (non-hydrogen) atoms. The van der Waals surface area contributed by atoms with Crippen molar-refractivity contribution < 1.29 is 13.2 Å². The smallest absolute Gasteiger partial charge is 0.222 e. The molecule has 1 atom stereocenters. The molecule has 4 N–H and O–H groups in total. The van der Waals surface area contributed by atoms with Gasteiger partial charge in [-0.05, 0) is 5.56 Å². The molecular weight excluding hydrogens is 354 g/mol. The van der Waals surface area contributed by atoms with E-state index in [0.717, 1.165) is 16.8 Å². The molecule has 3 rings (SSSR count). The number of nitrogens with two attached hydrogens (primary N) is 2. The number of hydrogen-bond acceptors (Lipinski definition) is 7. The van der Waals surface area contributed by atoms with Crippen LogP contribution in [0.5, 0.6) is 0 Å². The first-order valence-corrected chi connectivity index (χ1v) is 10.2. The molecule has 1 aromatic carbocycles. The molecule has 140 valence electrons. The molecular formula is C17H23N5O3S. The van der Waals surface area contributed by atoms with Crippen molar-refractivity contribution >= 4 is 21.8 Å². The lowest BCUT2D eigenvalue weighted by Gasteiger charge is -2.31. The highest BCUT2D eigenvalue weighted by Crippen LogP contribution is 2.22. The number of nitrogens with zero attached hydrogens (tertiary/aromatic N) is 3. The molecule has 1 unspecified atom stereocenters. The van der Waals surface area contributed by atoms with Gasteiger partial charge in [0.05, 0.1) is 24.7 Å². The van der Waals surface area contributed by atoms with Gasteiger partial charge in [-0.25, -0.2) is 13.4 Å². The Morgan fingerprint density at radius 1 is 1.23 bits per heavy atom. The Kier molecular flexibility index (Phi) is 5.40. The highest BCUT2D eigenvalue weighted by Gasteiger charge is 2.28. The summed E-state index contributed by atoms with van der Waals surface area (Å²) in [4.78, 5) is 8.43. The van der Waals surface area contributed by atoms with Crippen molar-refractivity contribution in [3.63, 3.8) is 0 Å². The molecule has 1 aliphatic heterocycles. The topological polar surface area (TPSA) is 124 Å². The number of ether oxygens (including phenoxy) is 1. The second-order valence-electron chi connectivity index (χ2n) is 6.37. The quantitative estimate of drug-likeness (QED) is 0.774. The first kappa shape index (κ1) is 18.6. The molecule has 0 aliphatic carbocycles. The zero-order chi connectivity index (χ0) is 18.7. The van der Waals surface area contributed by atoms with Crippen LogP contribution in [-0.4, -0.2) is 54.7 Å². The predicted octanol–water partition coefficient (Wildman–Crippen LogP) is 0.435. The summed E-state index contributed by atoms with van der Waals surface area (Å²) in [5, 5.41) is 0. The van der Waals surface area contributed by atoms with E-state index in [2.05, 4.69) is 9.97 Å². The van der Waals surface area contributed by atoms with Crippen molar-refractivity contribution in [3.05, 3.63) is 47.2 Å². The van der Waals surface area contributed by atoms with Gasteiger partial charge in [-0.3, -0.25) is 0 Å². The average Bonchev–Trinajstić information content (AvgIpc) is 2.58. The summed E-state index contributed by atoms with van der Waals surface area (Å²) >= 11 is 0. The lowest BCUT2D eigenvalue weighted by molar-refractivity contribution is -0.000371.